The first-order valence-electron chi connectivity index (χ1n) is 9.78. The topological polar surface area (TPSA) is 75.5 Å². The first-order valence-corrected chi connectivity index (χ1v) is 10.6. The van der Waals surface area contributed by atoms with Gasteiger partial charge < -0.3 is 14.2 Å². The molecule has 4 aromatic rings. The number of carbonyl (C=O) groups is 1. The molecule has 1 aromatic heterocycles. The molecule has 3 aromatic carbocycles. The fourth-order valence-electron chi connectivity index (χ4n) is 3.23. The summed E-state index contributed by atoms with van der Waals surface area (Å²) in [5.41, 5.74) is 3.32. The number of hydrogen-bond acceptors (Lipinski definition) is 7. The summed E-state index contributed by atoms with van der Waals surface area (Å²) in [6.07, 6.45) is 1.86. The van der Waals surface area contributed by atoms with Crippen LogP contribution < -0.4 is 9.47 Å². The van der Waals surface area contributed by atoms with Gasteiger partial charge in [0.05, 0.1) is 20.4 Å². The number of rotatable bonds is 9. The Morgan fingerprint density at radius 1 is 0.938 bits per heavy atom. The molecular formula is C24H21N3O4S. The lowest BCUT2D eigenvalue weighted by atomic mass is 10.2. The second kappa shape index (κ2) is 10.0. The maximum Gasteiger partial charge on any atom is 0.293 e. The second-order valence-electron chi connectivity index (χ2n) is 6.71. The van der Waals surface area contributed by atoms with Crippen molar-refractivity contribution in [2.75, 3.05) is 14.2 Å². The largest absolute Gasteiger partial charge is 0.494 e. The molecule has 0 aliphatic heterocycles. The van der Waals surface area contributed by atoms with Crippen molar-refractivity contribution in [2.45, 2.75) is 16.4 Å². The Bertz CT molecular complexity index is 1190. The lowest BCUT2D eigenvalue weighted by Crippen LogP contribution is -2.01. The summed E-state index contributed by atoms with van der Waals surface area (Å²) in [5.74, 6) is 1.28. The molecule has 7 nitrogen and oxygen atoms in total. The van der Waals surface area contributed by atoms with Gasteiger partial charge in [-0.1, -0.05) is 53.4 Å². The fourth-order valence-corrected chi connectivity index (χ4v) is 4.19. The van der Waals surface area contributed by atoms with Crippen LogP contribution in [0.4, 0.5) is 0 Å². The highest BCUT2D eigenvalue weighted by Gasteiger charge is 2.16. The molecule has 4 rings (SSSR count). The molecule has 162 valence electrons. The summed E-state index contributed by atoms with van der Waals surface area (Å²) in [5, 5.41) is 8.73. The number of benzene rings is 3. The normalized spacial score (nSPS) is 10.6. The molecule has 0 aliphatic rings. The molecule has 0 fully saturated rings. The molecule has 32 heavy (non-hydrogen) atoms. The molecule has 0 saturated heterocycles. The maximum atomic E-state index is 10.4. The summed E-state index contributed by atoms with van der Waals surface area (Å²) in [6, 6.07) is 21.5. The van der Waals surface area contributed by atoms with Crippen LogP contribution in [0.5, 0.6) is 11.5 Å². The average molecular weight is 448 g/mol. The Balaban J connectivity index is 1.63. The van der Waals surface area contributed by atoms with Gasteiger partial charge in [-0.2, -0.15) is 0 Å². The maximum absolute atomic E-state index is 10.4. The number of aromatic nitrogens is 3. The van der Waals surface area contributed by atoms with E-state index in [1.807, 2.05) is 72.9 Å². The zero-order valence-electron chi connectivity index (χ0n) is 17.6. The van der Waals surface area contributed by atoms with Crippen LogP contribution >= 0.6 is 11.8 Å². The highest BCUT2D eigenvalue weighted by molar-refractivity contribution is 7.99. The van der Waals surface area contributed by atoms with E-state index in [0.717, 1.165) is 26.6 Å². The quantitative estimate of drug-likeness (QED) is 0.342. The highest BCUT2D eigenvalue weighted by Crippen LogP contribution is 2.37. The molecule has 8 heteroatoms. The molecular weight excluding hydrogens is 426 g/mol. The lowest BCUT2D eigenvalue weighted by Gasteiger charge is -2.12. The van der Waals surface area contributed by atoms with Crippen LogP contribution in [0.15, 0.2) is 82.7 Å². The van der Waals surface area contributed by atoms with Crippen molar-refractivity contribution in [3.8, 4) is 28.4 Å². The Labute approximate surface area is 189 Å². The number of methoxy groups -OCH3 is 2. The lowest BCUT2D eigenvalue weighted by molar-refractivity contribution is -0.129. The first kappa shape index (κ1) is 21.5. The Hall–Kier alpha value is -3.78. The minimum absolute atomic E-state index is 0.264. The third-order valence-corrected chi connectivity index (χ3v) is 5.84. The third kappa shape index (κ3) is 4.60. The smallest absolute Gasteiger partial charge is 0.293 e. The van der Waals surface area contributed by atoms with E-state index in [9.17, 15) is 4.79 Å². The standard InChI is InChI=1S/C24H21N3O4S/c1-29-21-7-5-8-22(30-2)24(21)27-14-20(25-26-27)19-6-3-4-9-23(19)32-18-12-10-17(11-13-18)15-31-16-28/h3-14,16H,15H2,1-2H3. The minimum Gasteiger partial charge on any atom is -0.494 e. The number of ether oxygens (including phenoxy) is 3. The Morgan fingerprint density at radius 2 is 1.66 bits per heavy atom. The molecule has 0 atom stereocenters. The summed E-state index contributed by atoms with van der Waals surface area (Å²) in [7, 11) is 3.22. The van der Waals surface area contributed by atoms with Crippen molar-refractivity contribution < 1.29 is 19.0 Å². The van der Waals surface area contributed by atoms with Gasteiger partial charge in [0.1, 0.15) is 23.8 Å². The van der Waals surface area contributed by atoms with Crippen molar-refractivity contribution in [3.05, 3.63) is 78.5 Å². The molecule has 0 spiro atoms. The molecule has 0 bridgehead atoms. The molecule has 0 unspecified atom stereocenters. The van der Waals surface area contributed by atoms with Crippen LogP contribution in [0.25, 0.3) is 16.9 Å². The monoisotopic (exact) mass is 447 g/mol. The predicted octanol–water partition coefficient (Wildman–Crippen LogP) is 4.78. The number of nitrogens with zero attached hydrogens (tertiary/aromatic N) is 3. The van der Waals surface area contributed by atoms with E-state index in [1.54, 1.807) is 30.7 Å². The number of para-hydroxylation sites is 1. The van der Waals surface area contributed by atoms with Crippen molar-refractivity contribution in [1.82, 2.24) is 15.0 Å². The first-order chi connectivity index (χ1) is 15.7. The molecule has 0 saturated carbocycles. The zero-order chi connectivity index (χ0) is 22.3. The van der Waals surface area contributed by atoms with Crippen LogP contribution in [-0.2, 0) is 16.1 Å². The van der Waals surface area contributed by atoms with Gasteiger partial charge >= 0.3 is 0 Å². The zero-order valence-corrected chi connectivity index (χ0v) is 18.4. The molecule has 0 aliphatic carbocycles. The van der Waals surface area contributed by atoms with E-state index >= 15 is 0 Å². The number of carbonyl (C=O) groups excluding carboxylic acids is 1. The van der Waals surface area contributed by atoms with Gasteiger partial charge in [-0.3, -0.25) is 4.79 Å². The molecule has 1 heterocycles. The van der Waals surface area contributed by atoms with Crippen LogP contribution in [0.3, 0.4) is 0 Å². The van der Waals surface area contributed by atoms with Crippen LogP contribution in [-0.4, -0.2) is 35.7 Å². The Morgan fingerprint density at radius 3 is 2.34 bits per heavy atom. The third-order valence-electron chi connectivity index (χ3n) is 4.76. The minimum atomic E-state index is 0.264. The fraction of sp³-hybridized carbons (Fsp3) is 0.125. The molecule has 0 amide bonds. The van der Waals surface area contributed by atoms with Gasteiger partial charge in [0.15, 0.2) is 5.69 Å². The Kier molecular flexibility index (Phi) is 6.72. The van der Waals surface area contributed by atoms with Gasteiger partial charge in [-0.15, -0.1) is 5.10 Å². The van der Waals surface area contributed by atoms with E-state index in [1.165, 1.54) is 0 Å². The SMILES string of the molecule is COc1cccc(OC)c1-n1cc(-c2ccccc2Sc2ccc(COC=O)cc2)nn1. The van der Waals surface area contributed by atoms with E-state index in [0.29, 0.717) is 23.7 Å². The van der Waals surface area contributed by atoms with E-state index in [4.69, 9.17) is 14.2 Å². The van der Waals surface area contributed by atoms with Crippen molar-refractivity contribution in [1.29, 1.82) is 0 Å². The summed E-state index contributed by atoms with van der Waals surface area (Å²) in [6.45, 7) is 0.716. The average Bonchev–Trinajstić information content (AvgIpc) is 3.33. The van der Waals surface area contributed by atoms with Crippen LogP contribution in [0, 0.1) is 0 Å². The van der Waals surface area contributed by atoms with Gasteiger partial charge in [-0.05, 0) is 35.9 Å². The molecule has 0 radical (unpaired) electrons. The number of hydrogen-bond donors (Lipinski definition) is 0. The van der Waals surface area contributed by atoms with Crippen LogP contribution in [0.2, 0.25) is 0 Å². The van der Waals surface area contributed by atoms with Gasteiger partial charge in [0, 0.05) is 15.4 Å². The van der Waals surface area contributed by atoms with E-state index < -0.39 is 0 Å². The van der Waals surface area contributed by atoms with Gasteiger partial charge in [-0.25, -0.2) is 4.68 Å². The van der Waals surface area contributed by atoms with Crippen LogP contribution in [0.1, 0.15) is 5.56 Å². The van der Waals surface area contributed by atoms with Crippen molar-refractivity contribution >= 4 is 18.2 Å². The second-order valence-corrected chi connectivity index (χ2v) is 7.82. The summed E-state index contributed by atoms with van der Waals surface area (Å²) < 4.78 is 17.5. The molecule has 0 N–H and O–H groups in total. The summed E-state index contributed by atoms with van der Waals surface area (Å²) in [4.78, 5) is 12.5. The van der Waals surface area contributed by atoms with E-state index in [2.05, 4.69) is 10.3 Å². The van der Waals surface area contributed by atoms with Gasteiger partial charge in [0.2, 0.25) is 0 Å². The van der Waals surface area contributed by atoms with Gasteiger partial charge in [0.25, 0.3) is 6.47 Å². The highest BCUT2D eigenvalue weighted by atomic mass is 32.2. The van der Waals surface area contributed by atoms with E-state index in [-0.39, 0.29) is 6.61 Å². The van der Waals surface area contributed by atoms with Crippen molar-refractivity contribution in [3.63, 3.8) is 0 Å². The predicted molar refractivity (Wildman–Crippen MR) is 121 cm³/mol. The summed E-state index contributed by atoms with van der Waals surface area (Å²) >= 11 is 1.63. The van der Waals surface area contributed by atoms with Crippen molar-refractivity contribution in [2.24, 2.45) is 0 Å².